The maximum absolute atomic E-state index is 4.41. The number of thiophene rings is 1. The molecule has 70 valence electrons. The normalized spacial score (nSPS) is 15.6. The molecule has 3 nitrogen and oxygen atoms in total. The van der Waals surface area contributed by atoms with Gasteiger partial charge in [-0.15, -0.1) is 11.3 Å². The van der Waals surface area contributed by atoms with Crippen LogP contribution in [0.2, 0.25) is 0 Å². The van der Waals surface area contributed by atoms with Gasteiger partial charge in [-0.2, -0.15) is 0 Å². The molecule has 3 heterocycles. The van der Waals surface area contributed by atoms with Gasteiger partial charge in [0, 0.05) is 29.1 Å². The van der Waals surface area contributed by atoms with E-state index in [0.29, 0.717) is 0 Å². The number of hydrogen-bond donors (Lipinski definition) is 1. The minimum Gasteiger partial charge on any atom is -0.368 e. The van der Waals surface area contributed by atoms with Gasteiger partial charge in [-0.25, -0.2) is 4.98 Å². The van der Waals surface area contributed by atoms with Gasteiger partial charge in [-0.3, -0.25) is 4.99 Å². The largest absolute Gasteiger partial charge is 0.368 e. The lowest BCUT2D eigenvalue weighted by Gasteiger charge is -1.98. The van der Waals surface area contributed by atoms with Crippen LogP contribution in [0.5, 0.6) is 0 Å². The van der Waals surface area contributed by atoms with Gasteiger partial charge in [0.05, 0.1) is 6.54 Å². The second-order valence-corrected chi connectivity index (χ2v) is 4.02. The monoisotopic (exact) mass is 203 g/mol. The summed E-state index contributed by atoms with van der Waals surface area (Å²) in [5.74, 6) is 1.02. The molecule has 0 aromatic carbocycles. The van der Waals surface area contributed by atoms with Crippen molar-refractivity contribution < 1.29 is 0 Å². The first-order chi connectivity index (χ1) is 6.95. The Hall–Kier alpha value is -1.42. The molecular formula is C10H9N3S. The highest BCUT2D eigenvalue weighted by molar-refractivity contribution is 7.17. The van der Waals surface area contributed by atoms with E-state index in [1.54, 1.807) is 11.3 Å². The Morgan fingerprint density at radius 3 is 3.29 bits per heavy atom. The summed E-state index contributed by atoms with van der Waals surface area (Å²) in [6.45, 7) is 1.83. The van der Waals surface area contributed by atoms with Crippen molar-refractivity contribution in [3.8, 4) is 0 Å². The van der Waals surface area contributed by atoms with Gasteiger partial charge in [-0.1, -0.05) is 0 Å². The molecule has 14 heavy (non-hydrogen) atoms. The lowest BCUT2D eigenvalue weighted by atomic mass is 10.2. The van der Waals surface area contributed by atoms with Crippen molar-refractivity contribution in [1.82, 2.24) is 10.3 Å². The lowest BCUT2D eigenvalue weighted by molar-refractivity contribution is 0.960. The molecule has 0 saturated carbocycles. The SMILES string of the molecule is c1cnc2scc(C3=NCCN3)c2c1. The van der Waals surface area contributed by atoms with Crippen molar-refractivity contribution in [2.24, 2.45) is 4.99 Å². The summed E-state index contributed by atoms with van der Waals surface area (Å²) >= 11 is 1.67. The fourth-order valence-corrected chi connectivity index (χ4v) is 2.52. The Kier molecular flexibility index (Phi) is 1.73. The van der Waals surface area contributed by atoms with Gasteiger partial charge in [0.15, 0.2) is 0 Å². The molecule has 1 aliphatic rings. The Morgan fingerprint density at radius 2 is 2.43 bits per heavy atom. The minimum absolute atomic E-state index is 0.882. The van der Waals surface area contributed by atoms with Crippen molar-refractivity contribution in [1.29, 1.82) is 0 Å². The molecule has 3 rings (SSSR count). The fraction of sp³-hybridized carbons (Fsp3) is 0.200. The molecule has 0 radical (unpaired) electrons. The van der Waals surface area contributed by atoms with Crippen molar-refractivity contribution in [2.45, 2.75) is 0 Å². The molecule has 0 atom stereocenters. The van der Waals surface area contributed by atoms with Gasteiger partial charge < -0.3 is 5.32 Å². The standard InChI is InChI=1S/C10H9N3S/c1-2-7-8(9-11-4-5-12-9)6-14-10(7)13-3-1/h1-3,6H,4-5H2,(H,11,12). The summed E-state index contributed by atoms with van der Waals surface area (Å²) in [6, 6.07) is 4.06. The molecule has 0 fully saturated rings. The third-order valence-electron chi connectivity index (χ3n) is 2.28. The van der Waals surface area contributed by atoms with Crippen LogP contribution < -0.4 is 5.32 Å². The summed E-state index contributed by atoms with van der Waals surface area (Å²) in [6.07, 6.45) is 1.83. The highest BCUT2D eigenvalue weighted by atomic mass is 32.1. The van der Waals surface area contributed by atoms with Crippen LogP contribution >= 0.6 is 11.3 Å². The predicted molar refractivity (Wildman–Crippen MR) is 59.0 cm³/mol. The van der Waals surface area contributed by atoms with E-state index in [0.717, 1.165) is 23.8 Å². The minimum atomic E-state index is 0.882. The zero-order valence-corrected chi connectivity index (χ0v) is 8.34. The lowest BCUT2D eigenvalue weighted by Crippen LogP contribution is -2.18. The Balaban J connectivity index is 2.21. The second-order valence-electron chi connectivity index (χ2n) is 3.16. The number of aromatic nitrogens is 1. The second kappa shape index (κ2) is 3.06. The number of nitrogens with one attached hydrogen (secondary N) is 1. The first kappa shape index (κ1) is 7.94. The zero-order chi connectivity index (χ0) is 9.38. The van der Waals surface area contributed by atoms with Crippen molar-refractivity contribution in [2.75, 3.05) is 13.1 Å². The van der Waals surface area contributed by atoms with Crippen LogP contribution in [-0.2, 0) is 0 Å². The van der Waals surface area contributed by atoms with Crippen molar-refractivity contribution >= 4 is 27.4 Å². The molecule has 2 aromatic rings. The van der Waals surface area contributed by atoms with E-state index in [2.05, 4.69) is 26.7 Å². The quantitative estimate of drug-likeness (QED) is 0.765. The van der Waals surface area contributed by atoms with E-state index in [1.807, 2.05) is 12.3 Å². The topological polar surface area (TPSA) is 37.3 Å². The summed E-state index contributed by atoms with van der Waals surface area (Å²) in [5.41, 5.74) is 1.19. The third-order valence-corrected chi connectivity index (χ3v) is 3.18. The van der Waals surface area contributed by atoms with Crippen LogP contribution in [0.25, 0.3) is 10.2 Å². The Morgan fingerprint density at radius 1 is 1.43 bits per heavy atom. The smallest absolute Gasteiger partial charge is 0.129 e. The molecule has 1 aliphatic heterocycles. The molecule has 1 N–H and O–H groups in total. The van der Waals surface area contributed by atoms with E-state index in [1.165, 1.54) is 10.9 Å². The zero-order valence-electron chi connectivity index (χ0n) is 7.53. The number of pyridine rings is 1. The van der Waals surface area contributed by atoms with Crippen molar-refractivity contribution in [3.63, 3.8) is 0 Å². The average Bonchev–Trinajstić information content (AvgIpc) is 2.85. The van der Waals surface area contributed by atoms with Gasteiger partial charge in [0.25, 0.3) is 0 Å². The van der Waals surface area contributed by atoms with E-state index in [-0.39, 0.29) is 0 Å². The highest BCUT2D eigenvalue weighted by Gasteiger charge is 2.12. The first-order valence-corrected chi connectivity index (χ1v) is 5.44. The van der Waals surface area contributed by atoms with Gasteiger partial charge in [0.2, 0.25) is 0 Å². The number of fused-ring (bicyclic) bond motifs is 1. The highest BCUT2D eigenvalue weighted by Crippen LogP contribution is 2.24. The Labute approximate surface area is 85.5 Å². The van der Waals surface area contributed by atoms with Crippen LogP contribution in [0.1, 0.15) is 5.56 Å². The number of aliphatic imine (C=N–C) groups is 1. The van der Waals surface area contributed by atoms with Crippen molar-refractivity contribution in [3.05, 3.63) is 29.3 Å². The summed E-state index contributed by atoms with van der Waals surface area (Å²) in [7, 11) is 0. The summed E-state index contributed by atoms with van der Waals surface area (Å²) < 4.78 is 0. The van der Waals surface area contributed by atoms with Gasteiger partial charge >= 0.3 is 0 Å². The maximum Gasteiger partial charge on any atom is 0.129 e. The summed E-state index contributed by atoms with van der Waals surface area (Å²) in [4.78, 5) is 9.80. The van der Waals surface area contributed by atoms with Crippen LogP contribution in [0.15, 0.2) is 28.7 Å². The number of rotatable bonds is 1. The predicted octanol–water partition coefficient (Wildman–Crippen LogP) is 1.65. The third kappa shape index (κ3) is 1.11. The number of nitrogens with zero attached hydrogens (tertiary/aromatic N) is 2. The first-order valence-electron chi connectivity index (χ1n) is 4.56. The molecule has 0 bridgehead atoms. The van der Waals surface area contributed by atoms with E-state index >= 15 is 0 Å². The van der Waals surface area contributed by atoms with Crippen LogP contribution in [0, 0.1) is 0 Å². The number of amidine groups is 1. The van der Waals surface area contributed by atoms with Crippen LogP contribution in [0.4, 0.5) is 0 Å². The molecule has 0 unspecified atom stereocenters. The van der Waals surface area contributed by atoms with Crippen LogP contribution in [-0.4, -0.2) is 23.9 Å². The molecule has 0 saturated heterocycles. The summed E-state index contributed by atoms with van der Waals surface area (Å²) in [5, 5.41) is 6.60. The van der Waals surface area contributed by atoms with E-state index in [4.69, 9.17) is 0 Å². The fourth-order valence-electron chi connectivity index (χ4n) is 1.63. The molecule has 0 amide bonds. The Bertz CT molecular complexity index is 501. The molecule has 4 heteroatoms. The maximum atomic E-state index is 4.41. The molecule has 0 spiro atoms. The van der Waals surface area contributed by atoms with Gasteiger partial charge in [0.1, 0.15) is 10.7 Å². The molecule has 2 aromatic heterocycles. The molecule has 0 aliphatic carbocycles. The number of hydrogen-bond acceptors (Lipinski definition) is 4. The average molecular weight is 203 g/mol. The molecular weight excluding hydrogens is 194 g/mol. The van der Waals surface area contributed by atoms with Crippen LogP contribution in [0.3, 0.4) is 0 Å². The van der Waals surface area contributed by atoms with E-state index < -0.39 is 0 Å². The van der Waals surface area contributed by atoms with E-state index in [9.17, 15) is 0 Å². The van der Waals surface area contributed by atoms with Gasteiger partial charge in [-0.05, 0) is 12.1 Å².